The van der Waals surface area contributed by atoms with Crippen molar-refractivity contribution in [1.29, 1.82) is 0 Å². The molecule has 1 saturated heterocycles. The number of nitrogens with two attached hydrogens (primary N) is 1. The van der Waals surface area contributed by atoms with Crippen molar-refractivity contribution in [3.8, 4) is 5.75 Å². The van der Waals surface area contributed by atoms with Crippen LogP contribution in [0.3, 0.4) is 0 Å². The summed E-state index contributed by atoms with van der Waals surface area (Å²) in [7, 11) is 0. The maximum absolute atomic E-state index is 13.9. The summed E-state index contributed by atoms with van der Waals surface area (Å²) in [5.41, 5.74) is 6.66. The van der Waals surface area contributed by atoms with Crippen LogP contribution in [0, 0.1) is 5.82 Å². The Kier molecular flexibility index (Phi) is 4.23. The van der Waals surface area contributed by atoms with Gasteiger partial charge in [-0.2, -0.15) is 0 Å². The van der Waals surface area contributed by atoms with E-state index in [4.69, 9.17) is 22.1 Å². The first-order valence-electron chi connectivity index (χ1n) is 7.30. The lowest BCUT2D eigenvalue weighted by molar-refractivity contribution is 0.0329. The Morgan fingerprint density at radius 3 is 2.41 bits per heavy atom. The Morgan fingerprint density at radius 2 is 1.77 bits per heavy atom. The zero-order valence-electron chi connectivity index (χ0n) is 12.1. The zero-order valence-corrected chi connectivity index (χ0v) is 12.9. The van der Waals surface area contributed by atoms with Gasteiger partial charge in [0.15, 0.2) is 0 Å². The first kappa shape index (κ1) is 15.1. The van der Waals surface area contributed by atoms with Crippen LogP contribution in [0.2, 0.25) is 5.02 Å². The molecule has 3 rings (SSSR count). The van der Waals surface area contributed by atoms with Crippen LogP contribution in [-0.2, 0) is 5.60 Å². The van der Waals surface area contributed by atoms with E-state index in [9.17, 15) is 4.39 Å². The monoisotopic (exact) mass is 320 g/mol. The molecule has 3 N–H and O–H groups in total. The highest BCUT2D eigenvalue weighted by Crippen LogP contribution is 2.37. The number of halogens is 2. The van der Waals surface area contributed by atoms with Crippen LogP contribution < -0.4 is 15.8 Å². The second kappa shape index (κ2) is 6.15. The molecule has 0 aromatic heterocycles. The number of ether oxygens (including phenoxy) is 1. The van der Waals surface area contributed by atoms with Crippen LogP contribution in [0.15, 0.2) is 42.5 Å². The second-order valence-electron chi connectivity index (χ2n) is 5.54. The minimum absolute atomic E-state index is 0.125. The van der Waals surface area contributed by atoms with Crippen LogP contribution in [0.1, 0.15) is 18.4 Å². The number of nitrogens with one attached hydrogen (secondary N) is 1. The van der Waals surface area contributed by atoms with Crippen LogP contribution in [0.25, 0.3) is 0 Å². The summed E-state index contributed by atoms with van der Waals surface area (Å²) >= 11 is 5.80. The molecule has 1 heterocycles. The maximum Gasteiger partial charge on any atom is 0.142 e. The second-order valence-corrected chi connectivity index (χ2v) is 5.95. The smallest absolute Gasteiger partial charge is 0.142 e. The molecule has 0 saturated carbocycles. The normalized spacial score (nSPS) is 17.2. The topological polar surface area (TPSA) is 47.3 Å². The fraction of sp³-hybridized carbons (Fsp3) is 0.294. The highest BCUT2D eigenvalue weighted by atomic mass is 35.5. The van der Waals surface area contributed by atoms with Crippen molar-refractivity contribution in [2.75, 3.05) is 18.8 Å². The van der Waals surface area contributed by atoms with Crippen molar-refractivity contribution in [2.45, 2.75) is 18.4 Å². The number of rotatable bonds is 3. The van der Waals surface area contributed by atoms with E-state index < -0.39 is 11.4 Å². The van der Waals surface area contributed by atoms with Crippen LogP contribution in [0.5, 0.6) is 5.75 Å². The van der Waals surface area contributed by atoms with Gasteiger partial charge >= 0.3 is 0 Å². The molecule has 3 nitrogen and oxygen atoms in total. The van der Waals surface area contributed by atoms with Gasteiger partial charge in [-0.3, -0.25) is 0 Å². The van der Waals surface area contributed by atoms with Gasteiger partial charge in [0.05, 0.1) is 5.02 Å². The fourth-order valence-corrected chi connectivity index (χ4v) is 2.94. The Bertz CT molecular complexity index is 654. The SMILES string of the molecule is Nc1ccc(OC2(c3ccc(Cl)c(F)c3)CCNCC2)cc1. The molecule has 22 heavy (non-hydrogen) atoms. The lowest BCUT2D eigenvalue weighted by atomic mass is 9.84. The standard InChI is InChI=1S/C17H18ClFN2O/c18-15-6-1-12(11-16(15)19)17(7-9-21-10-8-17)22-14-4-2-13(20)3-5-14/h1-6,11,21H,7-10,20H2. The van der Waals surface area contributed by atoms with Crippen LogP contribution >= 0.6 is 11.6 Å². The Labute approximate surface area is 134 Å². The van der Waals surface area contributed by atoms with Gasteiger partial charge in [0.25, 0.3) is 0 Å². The summed E-state index contributed by atoms with van der Waals surface area (Å²) in [6.45, 7) is 1.64. The Hall–Kier alpha value is -1.78. The molecule has 0 amide bonds. The molecule has 0 radical (unpaired) electrons. The predicted octanol–water partition coefficient (Wildman–Crippen LogP) is 3.72. The molecule has 1 aliphatic heterocycles. The van der Waals surface area contributed by atoms with Crippen molar-refractivity contribution in [2.24, 2.45) is 0 Å². The largest absolute Gasteiger partial charge is 0.482 e. The molecule has 0 bridgehead atoms. The van der Waals surface area contributed by atoms with Gasteiger partial charge in [0.2, 0.25) is 0 Å². The molecule has 5 heteroatoms. The first-order chi connectivity index (χ1) is 10.6. The predicted molar refractivity (Wildman–Crippen MR) is 86.7 cm³/mol. The van der Waals surface area contributed by atoms with Crippen LogP contribution in [-0.4, -0.2) is 13.1 Å². The molecule has 0 spiro atoms. The molecule has 1 aliphatic rings. The maximum atomic E-state index is 13.9. The summed E-state index contributed by atoms with van der Waals surface area (Å²) in [6, 6.07) is 12.2. The molecule has 116 valence electrons. The van der Waals surface area contributed by atoms with E-state index >= 15 is 0 Å². The summed E-state index contributed by atoms with van der Waals surface area (Å²) in [6.07, 6.45) is 1.52. The minimum atomic E-state index is -0.549. The highest BCUT2D eigenvalue weighted by molar-refractivity contribution is 6.30. The molecule has 1 fully saturated rings. The highest BCUT2D eigenvalue weighted by Gasteiger charge is 2.36. The van der Waals surface area contributed by atoms with E-state index in [1.807, 2.05) is 18.2 Å². The van der Waals surface area contributed by atoms with Gasteiger partial charge in [-0.15, -0.1) is 0 Å². The van der Waals surface area contributed by atoms with Gasteiger partial charge in [-0.25, -0.2) is 4.39 Å². The summed E-state index contributed by atoms with van der Waals surface area (Å²) in [5.74, 6) is 0.310. The van der Waals surface area contributed by atoms with Crippen molar-refractivity contribution < 1.29 is 9.13 Å². The quantitative estimate of drug-likeness (QED) is 0.847. The number of hydrogen-bond acceptors (Lipinski definition) is 3. The number of anilines is 1. The minimum Gasteiger partial charge on any atom is -0.482 e. The molecular weight excluding hydrogens is 303 g/mol. The van der Waals surface area contributed by atoms with E-state index in [2.05, 4.69) is 5.32 Å². The van der Waals surface area contributed by atoms with E-state index in [0.29, 0.717) is 5.69 Å². The summed E-state index contributed by atoms with van der Waals surface area (Å²) < 4.78 is 20.1. The van der Waals surface area contributed by atoms with Gasteiger partial charge in [-0.05, 0) is 55.1 Å². The van der Waals surface area contributed by atoms with Crippen molar-refractivity contribution >= 4 is 17.3 Å². The third-order valence-corrected chi connectivity index (χ3v) is 4.36. The molecular formula is C17H18ClFN2O. The molecule has 0 unspecified atom stereocenters. The van der Waals surface area contributed by atoms with E-state index in [1.54, 1.807) is 18.2 Å². The fourth-order valence-electron chi connectivity index (χ4n) is 2.82. The van der Waals surface area contributed by atoms with Crippen molar-refractivity contribution in [3.63, 3.8) is 0 Å². The Morgan fingerprint density at radius 1 is 1.09 bits per heavy atom. The lowest BCUT2D eigenvalue weighted by Crippen LogP contribution is -2.44. The molecule has 0 aliphatic carbocycles. The number of piperidine rings is 1. The number of benzene rings is 2. The number of hydrogen-bond donors (Lipinski definition) is 2. The lowest BCUT2D eigenvalue weighted by Gasteiger charge is -2.38. The van der Waals surface area contributed by atoms with Crippen LogP contribution in [0.4, 0.5) is 10.1 Å². The average molecular weight is 321 g/mol. The van der Waals surface area contributed by atoms with E-state index in [0.717, 1.165) is 37.2 Å². The third-order valence-electron chi connectivity index (χ3n) is 4.05. The van der Waals surface area contributed by atoms with Gasteiger partial charge in [0, 0.05) is 18.5 Å². The first-order valence-corrected chi connectivity index (χ1v) is 7.68. The average Bonchev–Trinajstić information content (AvgIpc) is 2.53. The van der Waals surface area contributed by atoms with Gasteiger partial charge in [0.1, 0.15) is 17.2 Å². The van der Waals surface area contributed by atoms with E-state index in [1.165, 1.54) is 6.07 Å². The summed E-state index contributed by atoms with van der Waals surface area (Å²) in [4.78, 5) is 0. The van der Waals surface area contributed by atoms with Crippen molar-refractivity contribution in [1.82, 2.24) is 5.32 Å². The van der Waals surface area contributed by atoms with Gasteiger partial charge in [-0.1, -0.05) is 17.7 Å². The van der Waals surface area contributed by atoms with Gasteiger partial charge < -0.3 is 15.8 Å². The Balaban J connectivity index is 1.96. The zero-order chi connectivity index (χ0) is 15.6. The van der Waals surface area contributed by atoms with E-state index in [-0.39, 0.29) is 5.02 Å². The molecule has 2 aromatic carbocycles. The summed E-state index contributed by atoms with van der Waals surface area (Å²) in [5, 5.41) is 3.44. The third kappa shape index (κ3) is 3.03. The van der Waals surface area contributed by atoms with Crippen molar-refractivity contribution in [3.05, 3.63) is 58.9 Å². The number of nitrogen functional groups attached to an aromatic ring is 1. The molecule has 0 atom stereocenters. The molecule has 2 aromatic rings.